The number of methoxy groups -OCH3 is 1. The van der Waals surface area contributed by atoms with Crippen LogP contribution in [0.1, 0.15) is 16.1 Å². The summed E-state index contributed by atoms with van der Waals surface area (Å²) in [6, 6.07) is 4.35. The topological polar surface area (TPSA) is 57.0 Å². The molecule has 0 radical (unpaired) electrons. The Kier molecular flexibility index (Phi) is 3.57. The predicted molar refractivity (Wildman–Crippen MR) is 61.9 cm³/mol. The van der Waals surface area contributed by atoms with Gasteiger partial charge in [-0.05, 0) is 17.7 Å². The van der Waals surface area contributed by atoms with E-state index < -0.39 is 11.8 Å². The van der Waals surface area contributed by atoms with Crippen LogP contribution < -0.4 is 0 Å². The summed E-state index contributed by atoms with van der Waals surface area (Å²) in [4.78, 5) is 11.2. The highest BCUT2D eigenvalue weighted by Gasteiger charge is 2.10. The van der Waals surface area contributed by atoms with E-state index in [9.17, 15) is 9.18 Å². The highest BCUT2D eigenvalue weighted by atomic mass is 35.5. The van der Waals surface area contributed by atoms with Crippen molar-refractivity contribution < 1.29 is 13.9 Å². The number of hydrogen-bond acceptors (Lipinski definition) is 4. The Labute approximate surface area is 107 Å². The Balaban J connectivity index is 2.16. The van der Waals surface area contributed by atoms with Crippen molar-refractivity contribution in [1.29, 1.82) is 0 Å². The highest BCUT2D eigenvalue weighted by molar-refractivity contribution is 6.30. The average molecular weight is 270 g/mol. The molecule has 0 saturated heterocycles. The standard InChI is InChI=1S/C11H9ClFN3O2/c1-18-11(17)10-6-16(15-14-10)5-7-2-3-9(13)8(12)4-7/h2-4,6H,5H2,1H3. The van der Waals surface area contributed by atoms with E-state index in [1.165, 1.54) is 30.1 Å². The van der Waals surface area contributed by atoms with Gasteiger partial charge in [0.05, 0.1) is 24.9 Å². The molecule has 0 aliphatic carbocycles. The molecule has 0 N–H and O–H groups in total. The van der Waals surface area contributed by atoms with E-state index in [-0.39, 0.29) is 10.7 Å². The molecular weight excluding hydrogens is 261 g/mol. The van der Waals surface area contributed by atoms with Crippen molar-refractivity contribution in [1.82, 2.24) is 15.0 Å². The van der Waals surface area contributed by atoms with Crippen LogP contribution in [0.2, 0.25) is 5.02 Å². The van der Waals surface area contributed by atoms with Gasteiger partial charge in [0, 0.05) is 0 Å². The minimum atomic E-state index is -0.557. The Morgan fingerprint density at radius 3 is 3.00 bits per heavy atom. The van der Waals surface area contributed by atoms with Gasteiger partial charge >= 0.3 is 5.97 Å². The van der Waals surface area contributed by atoms with Crippen LogP contribution in [0.3, 0.4) is 0 Å². The van der Waals surface area contributed by atoms with Crippen molar-refractivity contribution in [2.24, 2.45) is 0 Å². The largest absolute Gasteiger partial charge is 0.464 e. The maximum Gasteiger partial charge on any atom is 0.360 e. The first-order chi connectivity index (χ1) is 8.60. The zero-order valence-corrected chi connectivity index (χ0v) is 10.2. The van der Waals surface area contributed by atoms with Gasteiger partial charge < -0.3 is 4.74 Å². The third-order valence-electron chi connectivity index (χ3n) is 2.26. The molecule has 0 spiro atoms. The lowest BCUT2D eigenvalue weighted by atomic mass is 10.2. The van der Waals surface area contributed by atoms with Crippen LogP contribution in [0.4, 0.5) is 4.39 Å². The van der Waals surface area contributed by atoms with E-state index in [1.807, 2.05) is 0 Å². The van der Waals surface area contributed by atoms with Gasteiger partial charge in [0.1, 0.15) is 5.82 Å². The zero-order chi connectivity index (χ0) is 13.1. The minimum Gasteiger partial charge on any atom is -0.464 e. The van der Waals surface area contributed by atoms with Gasteiger partial charge in [0.25, 0.3) is 0 Å². The summed E-state index contributed by atoms with van der Waals surface area (Å²) in [5, 5.41) is 7.46. The zero-order valence-electron chi connectivity index (χ0n) is 9.43. The minimum absolute atomic E-state index is 0.0424. The number of carbonyl (C=O) groups excluding carboxylic acids is 1. The summed E-state index contributed by atoms with van der Waals surface area (Å²) < 4.78 is 18.9. The molecule has 1 heterocycles. The fourth-order valence-electron chi connectivity index (χ4n) is 1.40. The maximum atomic E-state index is 13.0. The number of rotatable bonds is 3. The number of hydrogen-bond donors (Lipinski definition) is 0. The molecular formula is C11H9ClFN3O2. The van der Waals surface area contributed by atoms with Crippen LogP contribution in [0.25, 0.3) is 0 Å². The van der Waals surface area contributed by atoms with Gasteiger partial charge in [0.2, 0.25) is 0 Å². The van der Waals surface area contributed by atoms with Gasteiger partial charge in [-0.25, -0.2) is 13.9 Å². The fourth-order valence-corrected chi connectivity index (χ4v) is 1.60. The molecule has 7 heteroatoms. The van der Waals surface area contributed by atoms with Gasteiger partial charge in [-0.1, -0.05) is 22.9 Å². The highest BCUT2D eigenvalue weighted by Crippen LogP contribution is 2.16. The second kappa shape index (κ2) is 5.14. The second-order valence-electron chi connectivity index (χ2n) is 3.54. The molecule has 0 fully saturated rings. The van der Waals surface area contributed by atoms with Gasteiger partial charge in [-0.15, -0.1) is 5.10 Å². The predicted octanol–water partition coefficient (Wildman–Crippen LogP) is 1.91. The van der Waals surface area contributed by atoms with E-state index in [2.05, 4.69) is 15.0 Å². The summed E-state index contributed by atoms with van der Waals surface area (Å²) in [6.07, 6.45) is 1.45. The molecule has 18 heavy (non-hydrogen) atoms. The SMILES string of the molecule is COC(=O)c1cn(Cc2ccc(F)c(Cl)c2)nn1. The van der Waals surface area contributed by atoms with Crippen molar-refractivity contribution in [3.8, 4) is 0 Å². The Hall–Kier alpha value is -1.95. The van der Waals surface area contributed by atoms with E-state index >= 15 is 0 Å². The van der Waals surface area contributed by atoms with Crippen LogP contribution in [-0.4, -0.2) is 28.1 Å². The normalized spacial score (nSPS) is 10.4. The first-order valence-corrected chi connectivity index (χ1v) is 5.40. The van der Waals surface area contributed by atoms with Crippen molar-refractivity contribution >= 4 is 17.6 Å². The summed E-state index contributed by atoms with van der Waals surface area (Å²) >= 11 is 5.66. The molecule has 94 valence electrons. The van der Waals surface area contributed by atoms with Crippen LogP contribution >= 0.6 is 11.6 Å². The van der Waals surface area contributed by atoms with E-state index in [4.69, 9.17) is 11.6 Å². The molecule has 0 saturated carbocycles. The van der Waals surface area contributed by atoms with E-state index in [0.29, 0.717) is 6.54 Å². The van der Waals surface area contributed by atoms with Crippen LogP contribution in [0.15, 0.2) is 24.4 Å². The van der Waals surface area contributed by atoms with Crippen molar-refractivity contribution in [3.05, 3.63) is 46.5 Å². The van der Waals surface area contributed by atoms with E-state index in [0.717, 1.165) is 5.56 Å². The average Bonchev–Trinajstić information content (AvgIpc) is 2.81. The molecule has 5 nitrogen and oxygen atoms in total. The summed E-state index contributed by atoms with van der Waals surface area (Å²) in [5.74, 6) is -1.03. The smallest absolute Gasteiger partial charge is 0.360 e. The molecule has 2 rings (SSSR count). The Morgan fingerprint density at radius 2 is 2.33 bits per heavy atom. The van der Waals surface area contributed by atoms with E-state index in [1.54, 1.807) is 6.07 Å². The second-order valence-corrected chi connectivity index (χ2v) is 3.95. The Morgan fingerprint density at radius 1 is 1.56 bits per heavy atom. The Bertz CT molecular complexity index is 585. The maximum absolute atomic E-state index is 13.0. The van der Waals surface area contributed by atoms with Crippen LogP contribution in [-0.2, 0) is 11.3 Å². The molecule has 0 unspecified atom stereocenters. The monoisotopic (exact) mass is 269 g/mol. The number of aromatic nitrogens is 3. The lowest BCUT2D eigenvalue weighted by molar-refractivity contribution is 0.0594. The fraction of sp³-hybridized carbons (Fsp3) is 0.182. The quantitative estimate of drug-likeness (QED) is 0.799. The molecule has 1 aromatic heterocycles. The molecule has 0 bridgehead atoms. The number of nitrogens with zero attached hydrogens (tertiary/aromatic N) is 3. The number of halogens is 2. The molecule has 0 aliphatic heterocycles. The molecule has 0 atom stereocenters. The number of benzene rings is 1. The number of carbonyl (C=O) groups is 1. The number of esters is 1. The van der Waals surface area contributed by atoms with Crippen molar-refractivity contribution in [3.63, 3.8) is 0 Å². The lowest BCUT2D eigenvalue weighted by Gasteiger charge is -2.01. The van der Waals surface area contributed by atoms with Gasteiger partial charge in [-0.3, -0.25) is 0 Å². The first-order valence-electron chi connectivity index (χ1n) is 5.02. The van der Waals surface area contributed by atoms with Crippen molar-refractivity contribution in [2.45, 2.75) is 6.54 Å². The van der Waals surface area contributed by atoms with Crippen molar-refractivity contribution in [2.75, 3.05) is 7.11 Å². The summed E-state index contributed by atoms with van der Waals surface area (Å²) in [5.41, 5.74) is 0.869. The van der Waals surface area contributed by atoms with Crippen LogP contribution in [0, 0.1) is 5.82 Å². The molecule has 0 amide bonds. The van der Waals surface area contributed by atoms with Gasteiger partial charge in [-0.2, -0.15) is 0 Å². The molecule has 2 aromatic rings. The molecule has 0 aliphatic rings. The summed E-state index contributed by atoms with van der Waals surface area (Å²) in [6.45, 7) is 0.337. The third-order valence-corrected chi connectivity index (χ3v) is 2.55. The third kappa shape index (κ3) is 2.65. The van der Waals surface area contributed by atoms with Crippen LogP contribution in [0.5, 0.6) is 0 Å². The summed E-state index contributed by atoms with van der Waals surface area (Å²) in [7, 11) is 1.26. The van der Waals surface area contributed by atoms with Gasteiger partial charge in [0.15, 0.2) is 5.69 Å². The first kappa shape index (κ1) is 12.5. The lowest BCUT2D eigenvalue weighted by Crippen LogP contribution is -2.02. The number of ether oxygens (including phenoxy) is 1. The molecule has 1 aromatic carbocycles.